The number of benzene rings is 1. The molecular weight excluding hydrogens is 266 g/mol. The largest absolute Gasteiger partial charge is 0.493 e. The molecular formula is C16H21N3O2. The van der Waals surface area contributed by atoms with Gasteiger partial charge in [-0.3, -0.25) is 0 Å². The van der Waals surface area contributed by atoms with Crippen LogP contribution in [-0.2, 0) is 6.54 Å². The molecule has 1 aromatic heterocycles. The second kappa shape index (κ2) is 6.08. The molecule has 1 heterocycles. The first-order chi connectivity index (χ1) is 10.3. The van der Waals surface area contributed by atoms with E-state index in [9.17, 15) is 0 Å². The fourth-order valence-electron chi connectivity index (χ4n) is 2.40. The molecule has 1 fully saturated rings. The highest BCUT2D eigenvalue weighted by Crippen LogP contribution is 2.36. The van der Waals surface area contributed by atoms with Crippen LogP contribution < -0.4 is 14.8 Å². The van der Waals surface area contributed by atoms with Crippen LogP contribution in [0, 0.1) is 0 Å². The normalized spacial score (nSPS) is 14.0. The third kappa shape index (κ3) is 3.12. The molecule has 3 rings (SSSR count). The van der Waals surface area contributed by atoms with Crippen molar-refractivity contribution in [3.63, 3.8) is 0 Å². The van der Waals surface area contributed by atoms with Crippen molar-refractivity contribution in [2.24, 2.45) is 0 Å². The molecule has 0 atom stereocenters. The van der Waals surface area contributed by atoms with Gasteiger partial charge >= 0.3 is 0 Å². The summed E-state index contributed by atoms with van der Waals surface area (Å²) in [7, 11) is 1.65. The third-order valence-electron chi connectivity index (χ3n) is 3.62. The van der Waals surface area contributed by atoms with Crippen molar-refractivity contribution in [2.45, 2.75) is 32.4 Å². The van der Waals surface area contributed by atoms with Crippen molar-refractivity contribution in [1.82, 2.24) is 9.55 Å². The molecule has 1 N–H and O–H groups in total. The minimum atomic E-state index is 0.619. The maximum atomic E-state index is 5.59. The molecule has 5 heteroatoms. The van der Waals surface area contributed by atoms with Gasteiger partial charge in [-0.25, -0.2) is 4.98 Å². The Hall–Kier alpha value is -2.17. The highest BCUT2D eigenvalue weighted by Gasteiger charge is 2.24. The first-order valence-electron chi connectivity index (χ1n) is 7.37. The van der Waals surface area contributed by atoms with Crippen molar-refractivity contribution in [1.29, 1.82) is 0 Å². The number of ether oxygens (including phenoxy) is 2. The van der Waals surface area contributed by atoms with Crippen molar-refractivity contribution in [2.75, 3.05) is 19.0 Å². The van der Waals surface area contributed by atoms with E-state index in [4.69, 9.17) is 9.47 Å². The summed E-state index contributed by atoms with van der Waals surface area (Å²) >= 11 is 0. The van der Waals surface area contributed by atoms with Crippen molar-refractivity contribution < 1.29 is 9.47 Å². The summed E-state index contributed by atoms with van der Waals surface area (Å²) in [6.45, 7) is 3.34. The molecule has 1 aliphatic rings. The van der Waals surface area contributed by atoms with Gasteiger partial charge in [-0.2, -0.15) is 0 Å². The molecule has 0 amide bonds. The lowest BCUT2D eigenvalue weighted by Crippen LogP contribution is -2.06. The summed E-state index contributed by atoms with van der Waals surface area (Å²) in [5.41, 5.74) is 2.23. The molecule has 0 unspecified atom stereocenters. The molecule has 0 bridgehead atoms. The standard InChI is InChI=1S/C16H21N3O2/c1-3-21-16-8-12(4-7-15(16)20-2)18-10-14-9-17-11-19(14)13-5-6-13/h4,7-9,11,13,18H,3,5-6,10H2,1-2H3. The van der Waals surface area contributed by atoms with Crippen LogP contribution in [0.3, 0.4) is 0 Å². The number of rotatable bonds is 7. The van der Waals surface area contributed by atoms with Gasteiger partial charge in [-0.05, 0) is 31.9 Å². The van der Waals surface area contributed by atoms with Crippen LogP contribution in [-0.4, -0.2) is 23.3 Å². The topological polar surface area (TPSA) is 48.3 Å². The second-order valence-corrected chi connectivity index (χ2v) is 5.18. The van der Waals surface area contributed by atoms with Gasteiger partial charge < -0.3 is 19.4 Å². The minimum Gasteiger partial charge on any atom is -0.493 e. The lowest BCUT2D eigenvalue weighted by atomic mass is 10.2. The van der Waals surface area contributed by atoms with Gasteiger partial charge in [0, 0.05) is 24.0 Å². The van der Waals surface area contributed by atoms with E-state index in [0.717, 1.165) is 23.7 Å². The number of anilines is 1. The highest BCUT2D eigenvalue weighted by atomic mass is 16.5. The zero-order valence-corrected chi connectivity index (χ0v) is 12.5. The third-order valence-corrected chi connectivity index (χ3v) is 3.62. The van der Waals surface area contributed by atoms with E-state index in [-0.39, 0.29) is 0 Å². The Morgan fingerprint density at radius 2 is 2.19 bits per heavy atom. The number of methoxy groups -OCH3 is 1. The maximum absolute atomic E-state index is 5.59. The predicted octanol–water partition coefficient (Wildman–Crippen LogP) is 3.24. The average Bonchev–Trinajstić information content (AvgIpc) is 3.24. The van der Waals surface area contributed by atoms with Crippen molar-refractivity contribution in [3.05, 3.63) is 36.4 Å². The fourth-order valence-corrected chi connectivity index (χ4v) is 2.40. The van der Waals surface area contributed by atoms with E-state index in [1.165, 1.54) is 18.5 Å². The lowest BCUT2D eigenvalue weighted by molar-refractivity contribution is 0.311. The smallest absolute Gasteiger partial charge is 0.163 e. The number of hydrogen-bond acceptors (Lipinski definition) is 4. The maximum Gasteiger partial charge on any atom is 0.163 e. The number of nitrogens with zero attached hydrogens (tertiary/aromatic N) is 2. The lowest BCUT2D eigenvalue weighted by Gasteiger charge is -2.13. The quantitative estimate of drug-likeness (QED) is 0.849. The summed E-state index contributed by atoms with van der Waals surface area (Å²) in [6, 6.07) is 6.55. The first-order valence-corrected chi connectivity index (χ1v) is 7.37. The van der Waals surface area contributed by atoms with Gasteiger partial charge in [0.25, 0.3) is 0 Å². The van der Waals surface area contributed by atoms with Gasteiger partial charge in [0.2, 0.25) is 0 Å². The zero-order valence-electron chi connectivity index (χ0n) is 12.5. The Balaban J connectivity index is 1.69. The van der Waals surface area contributed by atoms with Crippen LogP contribution in [0.25, 0.3) is 0 Å². The van der Waals surface area contributed by atoms with E-state index in [0.29, 0.717) is 12.6 Å². The summed E-state index contributed by atoms with van der Waals surface area (Å²) in [5.74, 6) is 1.52. The molecule has 0 saturated heterocycles. The summed E-state index contributed by atoms with van der Waals surface area (Å²) < 4.78 is 13.2. The number of aromatic nitrogens is 2. The van der Waals surface area contributed by atoms with E-state index in [1.807, 2.05) is 37.6 Å². The molecule has 5 nitrogen and oxygen atoms in total. The molecule has 21 heavy (non-hydrogen) atoms. The zero-order chi connectivity index (χ0) is 14.7. The monoisotopic (exact) mass is 287 g/mol. The second-order valence-electron chi connectivity index (χ2n) is 5.18. The molecule has 0 spiro atoms. The van der Waals surface area contributed by atoms with Crippen molar-refractivity contribution >= 4 is 5.69 Å². The number of nitrogens with one attached hydrogen (secondary N) is 1. The summed E-state index contributed by atoms with van der Waals surface area (Å²) in [6.07, 6.45) is 6.38. The molecule has 0 radical (unpaired) electrons. The molecule has 112 valence electrons. The fraction of sp³-hybridized carbons (Fsp3) is 0.438. The molecule has 1 aromatic carbocycles. The Kier molecular flexibility index (Phi) is 3.99. The van der Waals surface area contributed by atoms with Gasteiger partial charge in [-0.1, -0.05) is 0 Å². The van der Waals surface area contributed by atoms with Crippen LogP contribution in [0.2, 0.25) is 0 Å². The Morgan fingerprint density at radius 1 is 1.33 bits per heavy atom. The van der Waals surface area contributed by atoms with Gasteiger partial charge in [0.1, 0.15) is 0 Å². The average molecular weight is 287 g/mol. The summed E-state index contributed by atoms with van der Waals surface area (Å²) in [5, 5.41) is 3.42. The van der Waals surface area contributed by atoms with Crippen LogP contribution in [0.1, 0.15) is 31.5 Å². The highest BCUT2D eigenvalue weighted by molar-refractivity contribution is 5.54. The van der Waals surface area contributed by atoms with E-state index in [1.54, 1.807) is 7.11 Å². The molecule has 2 aromatic rings. The van der Waals surface area contributed by atoms with Crippen LogP contribution in [0.4, 0.5) is 5.69 Å². The number of hydrogen-bond donors (Lipinski definition) is 1. The van der Waals surface area contributed by atoms with Crippen molar-refractivity contribution in [3.8, 4) is 11.5 Å². The molecule has 1 aliphatic carbocycles. The van der Waals surface area contributed by atoms with Crippen LogP contribution >= 0.6 is 0 Å². The SMILES string of the molecule is CCOc1cc(NCc2cncn2C2CC2)ccc1OC. The summed E-state index contributed by atoms with van der Waals surface area (Å²) in [4.78, 5) is 4.25. The molecule has 1 saturated carbocycles. The van der Waals surface area contributed by atoms with Gasteiger partial charge in [-0.15, -0.1) is 0 Å². The van der Waals surface area contributed by atoms with Gasteiger partial charge in [0.15, 0.2) is 11.5 Å². The number of imidazole rings is 1. The Labute approximate surface area is 124 Å². The van der Waals surface area contributed by atoms with E-state index >= 15 is 0 Å². The van der Waals surface area contributed by atoms with E-state index < -0.39 is 0 Å². The Bertz CT molecular complexity index is 605. The Morgan fingerprint density at radius 3 is 2.90 bits per heavy atom. The molecule has 0 aliphatic heterocycles. The minimum absolute atomic E-state index is 0.619. The van der Waals surface area contributed by atoms with Crippen LogP contribution in [0.15, 0.2) is 30.7 Å². The van der Waals surface area contributed by atoms with Gasteiger partial charge in [0.05, 0.1) is 32.3 Å². The van der Waals surface area contributed by atoms with Crippen LogP contribution in [0.5, 0.6) is 11.5 Å². The van der Waals surface area contributed by atoms with E-state index in [2.05, 4.69) is 14.9 Å². The predicted molar refractivity (Wildman–Crippen MR) is 82.0 cm³/mol. The first kappa shape index (κ1) is 13.8.